The summed E-state index contributed by atoms with van der Waals surface area (Å²) in [6, 6.07) is 13.4. The summed E-state index contributed by atoms with van der Waals surface area (Å²) in [5, 5.41) is 11.8. The van der Waals surface area contributed by atoms with Crippen molar-refractivity contribution in [3.63, 3.8) is 0 Å². The summed E-state index contributed by atoms with van der Waals surface area (Å²) in [7, 11) is 0. The number of nitrogens with one attached hydrogen (secondary N) is 1. The van der Waals surface area contributed by atoms with Crippen LogP contribution in [0.5, 0.6) is 11.5 Å². The molecule has 1 amide bonds. The molecule has 0 atom stereocenters. The second kappa shape index (κ2) is 7.70. The Morgan fingerprint density at radius 2 is 1.56 bits per heavy atom. The van der Waals surface area contributed by atoms with Crippen molar-refractivity contribution in [1.82, 2.24) is 0 Å². The van der Waals surface area contributed by atoms with Gasteiger partial charge in [0.1, 0.15) is 11.5 Å². The highest BCUT2D eigenvalue weighted by Gasteiger charge is 2.29. The topological polar surface area (TPSA) is 84.9 Å². The average Bonchev–Trinajstić information content (AvgIpc) is 2.57. The van der Waals surface area contributed by atoms with E-state index in [1.807, 2.05) is 6.92 Å². The predicted molar refractivity (Wildman–Crippen MR) is 94.3 cm³/mol. The van der Waals surface area contributed by atoms with Crippen molar-refractivity contribution < 1.29 is 24.2 Å². The van der Waals surface area contributed by atoms with Crippen LogP contribution in [0.4, 0.5) is 5.69 Å². The molecule has 0 heterocycles. The van der Waals surface area contributed by atoms with E-state index in [2.05, 4.69) is 5.32 Å². The summed E-state index contributed by atoms with van der Waals surface area (Å²) < 4.78 is 10.8. The quantitative estimate of drug-likeness (QED) is 0.803. The standard InChI is InChI=1S/C19H21NO5/c1-4-24-15-11-7-14(8-12-15)20-17(21)13-5-9-16(10-6-13)25-19(2,3)18(22)23/h5-12H,4H2,1-3H3,(H,20,21)(H,22,23). The Labute approximate surface area is 146 Å². The lowest BCUT2D eigenvalue weighted by Crippen LogP contribution is -2.37. The molecule has 2 rings (SSSR count). The summed E-state index contributed by atoms with van der Waals surface area (Å²) in [6.07, 6.45) is 0. The molecule has 0 unspecified atom stereocenters. The molecule has 6 nitrogen and oxygen atoms in total. The monoisotopic (exact) mass is 343 g/mol. The lowest BCUT2D eigenvalue weighted by Gasteiger charge is -2.21. The molecule has 0 aromatic heterocycles. The Bertz CT molecular complexity index is 735. The molecule has 6 heteroatoms. The fourth-order valence-electron chi connectivity index (χ4n) is 2.02. The maximum absolute atomic E-state index is 12.3. The van der Waals surface area contributed by atoms with Gasteiger partial charge in [0.05, 0.1) is 6.61 Å². The van der Waals surface area contributed by atoms with E-state index in [0.717, 1.165) is 5.75 Å². The normalized spacial score (nSPS) is 10.8. The number of aliphatic carboxylic acids is 1. The molecule has 0 fully saturated rings. The third-order valence-electron chi connectivity index (χ3n) is 3.43. The fraction of sp³-hybridized carbons (Fsp3) is 0.263. The van der Waals surface area contributed by atoms with E-state index in [1.54, 1.807) is 48.5 Å². The first-order valence-corrected chi connectivity index (χ1v) is 7.88. The SMILES string of the molecule is CCOc1ccc(NC(=O)c2ccc(OC(C)(C)C(=O)O)cc2)cc1. The number of anilines is 1. The number of hydrogen-bond acceptors (Lipinski definition) is 4. The Morgan fingerprint density at radius 3 is 2.08 bits per heavy atom. The van der Waals surface area contributed by atoms with Gasteiger partial charge in [0.15, 0.2) is 5.60 Å². The van der Waals surface area contributed by atoms with E-state index >= 15 is 0 Å². The van der Waals surface area contributed by atoms with Gasteiger partial charge in [-0.3, -0.25) is 4.79 Å². The maximum Gasteiger partial charge on any atom is 0.347 e. The highest BCUT2D eigenvalue weighted by Crippen LogP contribution is 2.20. The van der Waals surface area contributed by atoms with E-state index in [-0.39, 0.29) is 5.91 Å². The van der Waals surface area contributed by atoms with Gasteiger partial charge in [0, 0.05) is 11.3 Å². The first-order chi connectivity index (χ1) is 11.8. The molecule has 0 radical (unpaired) electrons. The molecule has 0 saturated heterocycles. The highest BCUT2D eigenvalue weighted by molar-refractivity contribution is 6.04. The van der Waals surface area contributed by atoms with Crippen LogP contribution in [0.15, 0.2) is 48.5 Å². The van der Waals surface area contributed by atoms with Crippen molar-refractivity contribution in [2.75, 3.05) is 11.9 Å². The van der Waals surface area contributed by atoms with Gasteiger partial charge in [-0.05, 0) is 69.3 Å². The van der Waals surface area contributed by atoms with Crippen molar-refractivity contribution in [3.05, 3.63) is 54.1 Å². The number of rotatable bonds is 7. The summed E-state index contributed by atoms with van der Waals surface area (Å²) in [5.41, 5.74) is -0.248. The number of carboxylic acid groups (broad SMARTS) is 1. The number of carbonyl (C=O) groups is 2. The predicted octanol–water partition coefficient (Wildman–Crippen LogP) is 3.58. The average molecular weight is 343 g/mol. The molecule has 0 saturated carbocycles. The highest BCUT2D eigenvalue weighted by atomic mass is 16.5. The van der Waals surface area contributed by atoms with Crippen LogP contribution in [0.3, 0.4) is 0 Å². The Balaban J connectivity index is 2.01. The van der Waals surface area contributed by atoms with Gasteiger partial charge in [0.2, 0.25) is 0 Å². The summed E-state index contributed by atoms with van der Waals surface area (Å²) in [4.78, 5) is 23.3. The molecular weight excluding hydrogens is 322 g/mol. The van der Waals surface area contributed by atoms with E-state index < -0.39 is 11.6 Å². The van der Waals surface area contributed by atoms with Crippen molar-refractivity contribution in [3.8, 4) is 11.5 Å². The van der Waals surface area contributed by atoms with E-state index in [1.165, 1.54) is 13.8 Å². The zero-order valence-corrected chi connectivity index (χ0v) is 14.4. The first-order valence-electron chi connectivity index (χ1n) is 7.88. The van der Waals surface area contributed by atoms with Gasteiger partial charge in [-0.2, -0.15) is 0 Å². The number of amides is 1. The van der Waals surface area contributed by atoms with Crippen LogP contribution in [0, 0.1) is 0 Å². The molecule has 25 heavy (non-hydrogen) atoms. The minimum absolute atomic E-state index is 0.270. The zero-order chi connectivity index (χ0) is 18.4. The molecule has 2 aromatic rings. The molecular formula is C19H21NO5. The van der Waals surface area contributed by atoms with Crippen molar-refractivity contribution in [2.45, 2.75) is 26.4 Å². The van der Waals surface area contributed by atoms with Crippen LogP contribution < -0.4 is 14.8 Å². The van der Waals surface area contributed by atoms with Gasteiger partial charge in [-0.1, -0.05) is 0 Å². The minimum atomic E-state index is -1.34. The summed E-state index contributed by atoms with van der Waals surface area (Å²) >= 11 is 0. The second-order valence-corrected chi connectivity index (χ2v) is 5.85. The lowest BCUT2D eigenvalue weighted by atomic mass is 10.1. The molecule has 0 bridgehead atoms. The van der Waals surface area contributed by atoms with Gasteiger partial charge in [-0.25, -0.2) is 4.79 Å². The molecule has 0 aliphatic heterocycles. The first kappa shape index (κ1) is 18.3. The Kier molecular flexibility index (Phi) is 5.64. The van der Waals surface area contributed by atoms with E-state index in [4.69, 9.17) is 14.6 Å². The minimum Gasteiger partial charge on any atom is -0.494 e. The van der Waals surface area contributed by atoms with Gasteiger partial charge in [-0.15, -0.1) is 0 Å². The fourth-order valence-corrected chi connectivity index (χ4v) is 2.02. The molecule has 2 aromatic carbocycles. The number of hydrogen-bond donors (Lipinski definition) is 2. The lowest BCUT2D eigenvalue weighted by molar-refractivity contribution is -0.152. The van der Waals surface area contributed by atoms with Crippen molar-refractivity contribution in [1.29, 1.82) is 0 Å². The van der Waals surface area contributed by atoms with Crippen LogP contribution in [0.25, 0.3) is 0 Å². The third-order valence-corrected chi connectivity index (χ3v) is 3.43. The second-order valence-electron chi connectivity index (χ2n) is 5.85. The van der Waals surface area contributed by atoms with Crippen LogP contribution in [-0.4, -0.2) is 29.2 Å². The molecule has 132 valence electrons. The van der Waals surface area contributed by atoms with E-state index in [0.29, 0.717) is 23.6 Å². The zero-order valence-electron chi connectivity index (χ0n) is 14.4. The molecule has 0 spiro atoms. The molecule has 2 N–H and O–H groups in total. The summed E-state index contributed by atoms with van der Waals surface area (Å²) in [6.45, 7) is 5.41. The van der Waals surface area contributed by atoms with Crippen LogP contribution in [0.1, 0.15) is 31.1 Å². The number of carboxylic acids is 1. The maximum atomic E-state index is 12.3. The Morgan fingerprint density at radius 1 is 1.00 bits per heavy atom. The molecule has 0 aliphatic carbocycles. The van der Waals surface area contributed by atoms with Gasteiger partial charge in [0.25, 0.3) is 5.91 Å². The van der Waals surface area contributed by atoms with Crippen molar-refractivity contribution in [2.24, 2.45) is 0 Å². The number of ether oxygens (including phenoxy) is 2. The van der Waals surface area contributed by atoms with Gasteiger partial charge < -0.3 is 19.9 Å². The summed E-state index contributed by atoms with van der Waals surface area (Å²) in [5.74, 6) is -0.217. The third kappa shape index (κ3) is 4.97. The van der Waals surface area contributed by atoms with Crippen LogP contribution in [-0.2, 0) is 4.79 Å². The smallest absolute Gasteiger partial charge is 0.347 e. The van der Waals surface area contributed by atoms with Crippen LogP contribution >= 0.6 is 0 Å². The van der Waals surface area contributed by atoms with Crippen molar-refractivity contribution >= 4 is 17.6 Å². The van der Waals surface area contributed by atoms with Gasteiger partial charge >= 0.3 is 5.97 Å². The molecule has 0 aliphatic rings. The number of benzene rings is 2. The largest absolute Gasteiger partial charge is 0.494 e. The van der Waals surface area contributed by atoms with Crippen LogP contribution in [0.2, 0.25) is 0 Å². The number of carbonyl (C=O) groups excluding carboxylic acids is 1. The Hall–Kier alpha value is -3.02. The van der Waals surface area contributed by atoms with E-state index in [9.17, 15) is 9.59 Å².